The average molecular weight is 269 g/mol. The molecule has 0 amide bonds. The van der Waals surface area contributed by atoms with Gasteiger partial charge in [-0.3, -0.25) is 4.99 Å². The van der Waals surface area contributed by atoms with Crippen LogP contribution in [-0.2, 0) is 4.74 Å². The Morgan fingerprint density at radius 3 is 2.47 bits per heavy atom. The molecule has 0 aliphatic heterocycles. The number of hydrogen-bond donors (Lipinski definition) is 2. The second-order valence-corrected chi connectivity index (χ2v) is 5.25. The fourth-order valence-corrected chi connectivity index (χ4v) is 2.80. The molecule has 2 N–H and O–H groups in total. The minimum atomic E-state index is 0.421. The number of hydrogen-bond acceptors (Lipinski definition) is 2. The highest BCUT2D eigenvalue weighted by Gasteiger charge is 2.24. The Balaban J connectivity index is 2.26. The van der Waals surface area contributed by atoms with Crippen molar-refractivity contribution >= 4 is 5.96 Å². The smallest absolute Gasteiger partial charge is 0.190 e. The van der Waals surface area contributed by atoms with Gasteiger partial charge in [-0.1, -0.05) is 19.8 Å². The minimum absolute atomic E-state index is 0.421. The van der Waals surface area contributed by atoms with Crippen LogP contribution in [0.15, 0.2) is 4.99 Å². The first kappa shape index (κ1) is 16.3. The Labute approximate surface area is 118 Å². The number of ether oxygens (including phenoxy) is 1. The largest absolute Gasteiger partial charge is 0.378 e. The average Bonchev–Trinajstić information content (AvgIpc) is 2.95. The summed E-state index contributed by atoms with van der Waals surface area (Å²) in [7, 11) is 1.82. The maximum absolute atomic E-state index is 5.92. The number of aliphatic imine (C=N–C) groups is 1. The van der Waals surface area contributed by atoms with Crippen molar-refractivity contribution in [1.29, 1.82) is 0 Å². The standard InChI is InChI=1S/C15H31N3O/c1-4-11-17-15(16-3)18-12-10-14(19-5-2)13-8-6-7-9-13/h13-14H,4-12H2,1-3H3,(H2,16,17,18). The summed E-state index contributed by atoms with van der Waals surface area (Å²) < 4.78 is 5.92. The van der Waals surface area contributed by atoms with Crippen molar-refractivity contribution in [3.8, 4) is 0 Å². The van der Waals surface area contributed by atoms with E-state index in [1.807, 2.05) is 7.05 Å². The van der Waals surface area contributed by atoms with E-state index >= 15 is 0 Å². The van der Waals surface area contributed by atoms with E-state index in [-0.39, 0.29) is 0 Å². The highest BCUT2D eigenvalue weighted by atomic mass is 16.5. The van der Waals surface area contributed by atoms with Crippen molar-refractivity contribution in [1.82, 2.24) is 10.6 Å². The topological polar surface area (TPSA) is 45.7 Å². The zero-order valence-electron chi connectivity index (χ0n) is 12.9. The zero-order chi connectivity index (χ0) is 13.9. The molecule has 1 aliphatic carbocycles. The van der Waals surface area contributed by atoms with Crippen molar-refractivity contribution in [3.63, 3.8) is 0 Å². The number of guanidine groups is 1. The predicted molar refractivity (Wildman–Crippen MR) is 81.6 cm³/mol. The number of rotatable bonds is 8. The highest BCUT2D eigenvalue weighted by Crippen LogP contribution is 2.30. The molecule has 112 valence electrons. The molecule has 0 radical (unpaired) electrons. The summed E-state index contributed by atoms with van der Waals surface area (Å²) in [6.45, 7) is 6.98. The van der Waals surface area contributed by atoms with Gasteiger partial charge in [0.25, 0.3) is 0 Å². The van der Waals surface area contributed by atoms with Gasteiger partial charge in [-0.05, 0) is 38.5 Å². The molecule has 0 saturated heterocycles. The van der Waals surface area contributed by atoms with Crippen molar-refractivity contribution in [2.45, 2.75) is 58.5 Å². The summed E-state index contributed by atoms with van der Waals surface area (Å²) in [6.07, 6.45) is 8.05. The molecule has 1 fully saturated rings. The van der Waals surface area contributed by atoms with Crippen LogP contribution in [-0.4, -0.2) is 38.8 Å². The third kappa shape index (κ3) is 6.28. The van der Waals surface area contributed by atoms with Crippen molar-refractivity contribution in [2.75, 3.05) is 26.7 Å². The van der Waals surface area contributed by atoms with Crippen LogP contribution in [0.4, 0.5) is 0 Å². The zero-order valence-corrected chi connectivity index (χ0v) is 12.9. The van der Waals surface area contributed by atoms with E-state index in [1.54, 1.807) is 0 Å². The summed E-state index contributed by atoms with van der Waals surface area (Å²) in [6, 6.07) is 0. The lowest BCUT2D eigenvalue weighted by Gasteiger charge is -2.24. The van der Waals surface area contributed by atoms with Gasteiger partial charge < -0.3 is 15.4 Å². The molecule has 0 bridgehead atoms. The van der Waals surface area contributed by atoms with Crippen LogP contribution in [0.25, 0.3) is 0 Å². The molecule has 0 aromatic rings. The summed E-state index contributed by atoms with van der Waals surface area (Å²) in [5.74, 6) is 1.68. The van der Waals surface area contributed by atoms with Crippen molar-refractivity contribution < 1.29 is 4.74 Å². The Kier molecular flexibility index (Phi) is 8.63. The van der Waals surface area contributed by atoms with Crippen LogP contribution in [0, 0.1) is 5.92 Å². The van der Waals surface area contributed by atoms with Gasteiger partial charge in [0.1, 0.15) is 0 Å². The molecule has 1 rings (SSSR count). The molecule has 0 aromatic heterocycles. The maximum Gasteiger partial charge on any atom is 0.190 e. The second-order valence-electron chi connectivity index (χ2n) is 5.25. The van der Waals surface area contributed by atoms with Gasteiger partial charge >= 0.3 is 0 Å². The van der Waals surface area contributed by atoms with Gasteiger partial charge in [-0.25, -0.2) is 0 Å². The van der Waals surface area contributed by atoms with Crippen LogP contribution >= 0.6 is 0 Å². The lowest BCUT2D eigenvalue weighted by Crippen LogP contribution is -2.39. The monoisotopic (exact) mass is 269 g/mol. The Morgan fingerprint density at radius 1 is 1.21 bits per heavy atom. The fraction of sp³-hybridized carbons (Fsp3) is 0.933. The van der Waals surface area contributed by atoms with Gasteiger partial charge in [0, 0.05) is 26.7 Å². The molecule has 1 atom stereocenters. The third-order valence-corrected chi connectivity index (χ3v) is 3.79. The van der Waals surface area contributed by atoms with E-state index in [0.29, 0.717) is 6.10 Å². The van der Waals surface area contributed by atoms with Crippen LogP contribution in [0.1, 0.15) is 52.4 Å². The van der Waals surface area contributed by atoms with E-state index in [2.05, 4.69) is 29.5 Å². The number of nitrogens with zero attached hydrogens (tertiary/aromatic N) is 1. The lowest BCUT2D eigenvalue weighted by molar-refractivity contribution is 0.0169. The summed E-state index contributed by atoms with van der Waals surface area (Å²) in [5, 5.41) is 6.67. The summed E-state index contributed by atoms with van der Waals surface area (Å²) >= 11 is 0. The third-order valence-electron chi connectivity index (χ3n) is 3.79. The van der Waals surface area contributed by atoms with E-state index in [1.165, 1.54) is 25.7 Å². The van der Waals surface area contributed by atoms with Crippen LogP contribution in [0.5, 0.6) is 0 Å². The molecule has 19 heavy (non-hydrogen) atoms. The molecular formula is C15H31N3O. The summed E-state index contributed by atoms with van der Waals surface area (Å²) in [4.78, 5) is 4.22. The van der Waals surface area contributed by atoms with E-state index < -0.39 is 0 Å². The molecule has 0 aromatic carbocycles. The normalized spacial score (nSPS) is 18.6. The Bertz CT molecular complexity index is 250. The molecular weight excluding hydrogens is 238 g/mol. The van der Waals surface area contributed by atoms with Crippen molar-refractivity contribution in [2.24, 2.45) is 10.9 Å². The van der Waals surface area contributed by atoms with Gasteiger partial charge in [0.15, 0.2) is 5.96 Å². The minimum Gasteiger partial charge on any atom is -0.378 e. The molecule has 4 nitrogen and oxygen atoms in total. The van der Waals surface area contributed by atoms with E-state index in [4.69, 9.17) is 4.74 Å². The maximum atomic E-state index is 5.92. The van der Waals surface area contributed by atoms with Crippen LogP contribution in [0.2, 0.25) is 0 Å². The van der Waals surface area contributed by atoms with Crippen LogP contribution in [0.3, 0.4) is 0 Å². The molecule has 1 unspecified atom stereocenters. The molecule has 0 spiro atoms. The Hall–Kier alpha value is -0.770. The fourth-order valence-electron chi connectivity index (χ4n) is 2.80. The molecule has 1 aliphatic rings. The van der Waals surface area contributed by atoms with Crippen molar-refractivity contribution in [3.05, 3.63) is 0 Å². The number of nitrogens with one attached hydrogen (secondary N) is 2. The predicted octanol–water partition coefficient (Wildman–Crippen LogP) is 2.55. The van der Waals surface area contributed by atoms with Crippen LogP contribution < -0.4 is 10.6 Å². The first-order valence-corrected chi connectivity index (χ1v) is 7.87. The van der Waals surface area contributed by atoms with Gasteiger partial charge in [-0.2, -0.15) is 0 Å². The van der Waals surface area contributed by atoms with Gasteiger partial charge in [0.2, 0.25) is 0 Å². The van der Waals surface area contributed by atoms with E-state index in [0.717, 1.165) is 44.4 Å². The lowest BCUT2D eigenvalue weighted by atomic mass is 9.98. The van der Waals surface area contributed by atoms with Gasteiger partial charge in [-0.15, -0.1) is 0 Å². The summed E-state index contributed by atoms with van der Waals surface area (Å²) in [5.41, 5.74) is 0. The second kappa shape index (κ2) is 10.1. The SMILES string of the molecule is CCCNC(=NC)NCCC(OCC)C1CCCC1. The first-order chi connectivity index (χ1) is 9.31. The Morgan fingerprint density at radius 2 is 1.89 bits per heavy atom. The van der Waals surface area contributed by atoms with E-state index in [9.17, 15) is 0 Å². The molecule has 1 saturated carbocycles. The quantitative estimate of drug-likeness (QED) is 0.526. The van der Waals surface area contributed by atoms with Gasteiger partial charge in [0.05, 0.1) is 6.10 Å². The molecule has 0 heterocycles. The highest BCUT2D eigenvalue weighted by molar-refractivity contribution is 5.79. The first-order valence-electron chi connectivity index (χ1n) is 7.87. The molecule has 4 heteroatoms.